The Hall–Kier alpha value is -2.14. The molecule has 1 N–H and O–H groups in total. The van der Waals surface area contributed by atoms with E-state index in [4.69, 9.17) is 0 Å². The van der Waals surface area contributed by atoms with E-state index in [1.165, 1.54) is 0 Å². The molecule has 1 heterocycles. The molecule has 0 fully saturated rings. The van der Waals surface area contributed by atoms with Gasteiger partial charge in [-0.1, -0.05) is 26.0 Å². The van der Waals surface area contributed by atoms with Crippen molar-refractivity contribution in [3.63, 3.8) is 0 Å². The Balaban J connectivity index is 1.80. The van der Waals surface area contributed by atoms with Crippen molar-refractivity contribution in [3.8, 4) is 11.1 Å². The predicted octanol–water partition coefficient (Wildman–Crippen LogP) is 5.17. The molecule has 4 nitrogen and oxygen atoms in total. The second-order valence-corrected chi connectivity index (χ2v) is 7.16. The van der Waals surface area contributed by atoms with Gasteiger partial charge in [-0.05, 0) is 59.3 Å². The first kappa shape index (κ1) is 20.2. The van der Waals surface area contributed by atoms with Gasteiger partial charge in [-0.15, -0.1) is 0 Å². The van der Waals surface area contributed by atoms with E-state index in [1.54, 1.807) is 11.3 Å². The highest BCUT2D eigenvalue weighted by Gasteiger charge is 2.12. The molecule has 1 aromatic carbocycles. The van der Waals surface area contributed by atoms with Gasteiger partial charge in [0.05, 0.1) is 0 Å². The Morgan fingerprint density at radius 1 is 1.04 bits per heavy atom. The molecule has 0 saturated heterocycles. The maximum atomic E-state index is 12.2. The highest BCUT2D eigenvalue weighted by Crippen LogP contribution is 2.24. The monoisotopic (exact) mass is 372 g/mol. The first-order chi connectivity index (χ1) is 12.6. The summed E-state index contributed by atoms with van der Waals surface area (Å²) < 4.78 is 0. The molecule has 1 aromatic heterocycles. The number of thiophene rings is 1. The molecule has 0 aliphatic carbocycles. The van der Waals surface area contributed by atoms with E-state index in [-0.39, 0.29) is 11.8 Å². The number of amides is 2. The van der Waals surface area contributed by atoms with Crippen molar-refractivity contribution in [3.05, 3.63) is 41.1 Å². The molecular formula is C21H28N2O2S. The van der Waals surface area contributed by atoms with Crippen LogP contribution in [0.3, 0.4) is 0 Å². The van der Waals surface area contributed by atoms with E-state index >= 15 is 0 Å². The smallest absolute Gasteiger partial charge is 0.224 e. The molecule has 0 unspecified atom stereocenters. The van der Waals surface area contributed by atoms with Crippen molar-refractivity contribution >= 4 is 28.8 Å². The molecule has 0 aliphatic heterocycles. The normalized spacial score (nSPS) is 10.5. The number of anilines is 1. The van der Waals surface area contributed by atoms with Crippen LogP contribution in [0.15, 0.2) is 41.1 Å². The minimum Gasteiger partial charge on any atom is -0.343 e. The lowest BCUT2D eigenvalue weighted by atomic mass is 10.1. The standard InChI is InChI=1S/C21H28N2O2S/c1-3-12-23(13-4-2)21(25)10-6-9-20(24)22-19-8-5-7-17(15-19)18-11-14-26-16-18/h5,7-8,11,14-16H,3-4,6,9-10,12-13H2,1-2H3,(H,22,24). The molecule has 2 rings (SSSR count). The summed E-state index contributed by atoms with van der Waals surface area (Å²) in [7, 11) is 0. The molecule has 0 spiro atoms. The first-order valence-electron chi connectivity index (χ1n) is 9.34. The summed E-state index contributed by atoms with van der Waals surface area (Å²) in [4.78, 5) is 26.3. The van der Waals surface area contributed by atoms with Crippen LogP contribution in [0.1, 0.15) is 46.0 Å². The van der Waals surface area contributed by atoms with Crippen molar-refractivity contribution in [2.75, 3.05) is 18.4 Å². The number of hydrogen-bond donors (Lipinski definition) is 1. The van der Waals surface area contributed by atoms with Gasteiger partial charge in [-0.25, -0.2) is 0 Å². The van der Waals surface area contributed by atoms with E-state index in [1.807, 2.05) is 34.5 Å². The van der Waals surface area contributed by atoms with Gasteiger partial charge in [-0.2, -0.15) is 11.3 Å². The minimum atomic E-state index is -0.0437. The largest absolute Gasteiger partial charge is 0.343 e. The third-order valence-corrected chi connectivity index (χ3v) is 4.82. The van der Waals surface area contributed by atoms with Crippen LogP contribution >= 0.6 is 11.3 Å². The first-order valence-corrected chi connectivity index (χ1v) is 10.3. The quantitative estimate of drug-likeness (QED) is 0.625. The summed E-state index contributed by atoms with van der Waals surface area (Å²) in [6, 6.07) is 9.92. The third kappa shape index (κ3) is 6.30. The fourth-order valence-corrected chi connectivity index (χ4v) is 3.55. The molecule has 140 valence electrons. The molecule has 0 radical (unpaired) electrons. The lowest BCUT2D eigenvalue weighted by Crippen LogP contribution is -2.32. The SMILES string of the molecule is CCCN(CCC)C(=O)CCCC(=O)Nc1cccc(-c2ccsc2)c1. The Kier molecular flexibility index (Phi) is 8.35. The van der Waals surface area contributed by atoms with Crippen LogP contribution < -0.4 is 5.32 Å². The van der Waals surface area contributed by atoms with Crippen LogP contribution in [-0.4, -0.2) is 29.8 Å². The average Bonchev–Trinajstić information content (AvgIpc) is 3.16. The van der Waals surface area contributed by atoms with Crippen molar-refractivity contribution < 1.29 is 9.59 Å². The maximum Gasteiger partial charge on any atom is 0.224 e. The van der Waals surface area contributed by atoms with Gasteiger partial charge in [0.2, 0.25) is 11.8 Å². The lowest BCUT2D eigenvalue weighted by Gasteiger charge is -2.21. The van der Waals surface area contributed by atoms with E-state index in [9.17, 15) is 9.59 Å². The number of nitrogens with one attached hydrogen (secondary N) is 1. The summed E-state index contributed by atoms with van der Waals surface area (Å²) in [6.45, 7) is 5.75. The zero-order chi connectivity index (χ0) is 18.8. The van der Waals surface area contributed by atoms with Crippen LogP contribution in [0.4, 0.5) is 5.69 Å². The number of rotatable bonds is 10. The molecular weight excluding hydrogens is 344 g/mol. The molecule has 0 saturated carbocycles. The van der Waals surface area contributed by atoms with E-state index in [2.05, 4.69) is 30.6 Å². The number of carbonyl (C=O) groups is 2. The number of hydrogen-bond acceptors (Lipinski definition) is 3. The Morgan fingerprint density at radius 2 is 1.81 bits per heavy atom. The summed E-state index contributed by atoms with van der Waals surface area (Å²) in [6.07, 6.45) is 3.31. The van der Waals surface area contributed by atoms with Crippen molar-refractivity contribution in [2.24, 2.45) is 0 Å². The van der Waals surface area contributed by atoms with E-state index < -0.39 is 0 Å². The van der Waals surface area contributed by atoms with Gasteiger partial charge in [0.1, 0.15) is 0 Å². The van der Waals surface area contributed by atoms with Gasteiger partial charge in [0.15, 0.2) is 0 Å². The molecule has 2 aromatic rings. The summed E-state index contributed by atoms with van der Waals surface area (Å²) >= 11 is 1.65. The number of nitrogens with zero attached hydrogens (tertiary/aromatic N) is 1. The lowest BCUT2D eigenvalue weighted by molar-refractivity contribution is -0.131. The summed E-state index contributed by atoms with van der Waals surface area (Å²) in [5.74, 6) is 0.110. The zero-order valence-electron chi connectivity index (χ0n) is 15.7. The zero-order valence-corrected chi connectivity index (χ0v) is 16.5. The number of carbonyl (C=O) groups excluding carboxylic acids is 2. The predicted molar refractivity (Wildman–Crippen MR) is 109 cm³/mol. The molecule has 0 atom stereocenters. The maximum absolute atomic E-state index is 12.2. The van der Waals surface area contributed by atoms with Gasteiger partial charge in [0, 0.05) is 31.6 Å². The second-order valence-electron chi connectivity index (χ2n) is 6.38. The van der Waals surface area contributed by atoms with Gasteiger partial charge in [0.25, 0.3) is 0 Å². The van der Waals surface area contributed by atoms with Gasteiger partial charge in [-0.3, -0.25) is 9.59 Å². The van der Waals surface area contributed by atoms with Crippen LogP contribution in [0.2, 0.25) is 0 Å². The van der Waals surface area contributed by atoms with Gasteiger partial charge >= 0.3 is 0 Å². The van der Waals surface area contributed by atoms with Crippen molar-refractivity contribution in [1.29, 1.82) is 0 Å². The van der Waals surface area contributed by atoms with E-state index in [0.29, 0.717) is 19.3 Å². The van der Waals surface area contributed by atoms with Crippen molar-refractivity contribution in [1.82, 2.24) is 4.90 Å². The fourth-order valence-electron chi connectivity index (χ4n) is 2.89. The third-order valence-electron chi connectivity index (χ3n) is 4.14. The molecule has 0 bridgehead atoms. The second kappa shape index (κ2) is 10.8. The summed E-state index contributed by atoms with van der Waals surface area (Å²) in [5.41, 5.74) is 3.04. The van der Waals surface area contributed by atoms with Gasteiger partial charge < -0.3 is 10.2 Å². The Bertz CT molecular complexity index is 692. The summed E-state index contributed by atoms with van der Waals surface area (Å²) in [5, 5.41) is 7.06. The number of benzene rings is 1. The molecule has 0 aliphatic rings. The molecule has 5 heteroatoms. The van der Waals surface area contributed by atoms with Crippen LogP contribution in [0, 0.1) is 0 Å². The highest BCUT2D eigenvalue weighted by atomic mass is 32.1. The topological polar surface area (TPSA) is 49.4 Å². The minimum absolute atomic E-state index is 0.0437. The molecule has 26 heavy (non-hydrogen) atoms. The van der Waals surface area contributed by atoms with Crippen LogP contribution in [0.5, 0.6) is 0 Å². The average molecular weight is 373 g/mol. The van der Waals surface area contributed by atoms with Crippen molar-refractivity contribution in [2.45, 2.75) is 46.0 Å². The Morgan fingerprint density at radius 3 is 2.46 bits per heavy atom. The van der Waals surface area contributed by atoms with Crippen LogP contribution in [0.25, 0.3) is 11.1 Å². The Labute approximate surface area is 160 Å². The molecule has 2 amide bonds. The van der Waals surface area contributed by atoms with Crippen LogP contribution in [-0.2, 0) is 9.59 Å². The fraction of sp³-hybridized carbons (Fsp3) is 0.429. The van der Waals surface area contributed by atoms with E-state index in [0.717, 1.165) is 42.7 Å². The highest BCUT2D eigenvalue weighted by molar-refractivity contribution is 7.08.